The van der Waals surface area contributed by atoms with Crippen LogP contribution in [0.15, 0.2) is 36.4 Å². The van der Waals surface area contributed by atoms with Crippen LogP contribution in [0.3, 0.4) is 0 Å². The lowest BCUT2D eigenvalue weighted by atomic mass is 9.97. The van der Waals surface area contributed by atoms with E-state index >= 15 is 0 Å². The third-order valence-electron chi connectivity index (χ3n) is 2.80. The zero-order chi connectivity index (χ0) is 13.3. The molecular formula is C15H12F3. The maximum Gasteiger partial charge on any atom is 0.417 e. The van der Waals surface area contributed by atoms with Gasteiger partial charge in [0.2, 0.25) is 0 Å². The van der Waals surface area contributed by atoms with Gasteiger partial charge in [0, 0.05) is 0 Å². The number of alkyl halides is 3. The third-order valence-corrected chi connectivity index (χ3v) is 2.80. The van der Waals surface area contributed by atoms with Gasteiger partial charge >= 0.3 is 6.18 Å². The molecule has 18 heavy (non-hydrogen) atoms. The van der Waals surface area contributed by atoms with Gasteiger partial charge in [-0.15, -0.1) is 0 Å². The van der Waals surface area contributed by atoms with E-state index in [2.05, 4.69) is 6.07 Å². The number of hydrogen-bond donors (Lipinski definition) is 0. The minimum atomic E-state index is -4.35. The normalized spacial score (nSPS) is 11.6. The molecule has 1 radical (unpaired) electrons. The van der Waals surface area contributed by atoms with Crippen LogP contribution in [-0.2, 0) is 6.18 Å². The monoisotopic (exact) mass is 249 g/mol. The molecule has 3 heteroatoms. The summed E-state index contributed by atoms with van der Waals surface area (Å²) >= 11 is 0. The van der Waals surface area contributed by atoms with Crippen LogP contribution in [0.1, 0.15) is 16.7 Å². The average Bonchev–Trinajstić information content (AvgIpc) is 2.28. The standard InChI is InChI=1S/C15H12F3/c1-10-6-7-14(11(2)8-10)12-4-3-5-13(9-12)15(16,17)18/h3-4,6-9H,1-2H3. The van der Waals surface area contributed by atoms with E-state index in [4.69, 9.17) is 0 Å². The molecule has 0 spiro atoms. The number of rotatable bonds is 1. The summed E-state index contributed by atoms with van der Waals surface area (Å²) in [5.74, 6) is 0. The Bertz CT molecular complexity index is 568. The van der Waals surface area contributed by atoms with Gasteiger partial charge in [0.05, 0.1) is 5.56 Å². The van der Waals surface area contributed by atoms with E-state index in [-0.39, 0.29) is 0 Å². The highest BCUT2D eigenvalue weighted by Crippen LogP contribution is 2.32. The summed E-state index contributed by atoms with van der Waals surface area (Å²) in [4.78, 5) is 0. The maximum absolute atomic E-state index is 12.6. The van der Waals surface area contributed by atoms with Gasteiger partial charge in [0.1, 0.15) is 0 Å². The van der Waals surface area contributed by atoms with Crippen molar-refractivity contribution in [2.24, 2.45) is 0 Å². The van der Waals surface area contributed by atoms with Gasteiger partial charge in [0.15, 0.2) is 0 Å². The van der Waals surface area contributed by atoms with Crippen LogP contribution in [0.5, 0.6) is 0 Å². The fraction of sp³-hybridized carbons (Fsp3) is 0.200. The van der Waals surface area contributed by atoms with Crippen molar-refractivity contribution >= 4 is 0 Å². The first-order valence-corrected chi connectivity index (χ1v) is 5.54. The minimum Gasteiger partial charge on any atom is -0.166 e. The molecule has 0 nitrogen and oxygen atoms in total. The lowest BCUT2D eigenvalue weighted by Gasteiger charge is -2.10. The predicted molar refractivity (Wildman–Crippen MR) is 65.2 cm³/mol. The van der Waals surface area contributed by atoms with Crippen LogP contribution >= 0.6 is 0 Å². The first-order chi connectivity index (χ1) is 8.38. The van der Waals surface area contributed by atoms with Gasteiger partial charge in [-0.2, -0.15) is 13.2 Å². The zero-order valence-corrected chi connectivity index (χ0v) is 10.1. The minimum absolute atomic E-state index is 0.568. The van der Waals surface area contributed by atoms with Crippen molar-refractivity contribution in [1.82, 2.24) is 0 Å². The molecule has 0 aliphatic carbocycles. The molecule has 0 amide bonds. The Morgan fingerprint density at radius 1 is 1.00 bits per heavy atom. The van der Waals surface area contributed by atoms with Crippen molar-refractivity contribution in [2.45, 2.75) is 20.0 Å². The van der Waals surface area contributed by atoms with E-state index in [0.29, 0.717) is 5.56 Å². The third kappa shape index (κ3) is 2.55. The summed E-state index contributed by atoms with van der Waals surface area (Å²) in [5.41, 5.74) is 2.71. The second-order valence-electron chi connectivity index (χ2n) is 4.31. The summed E-state index contributed by atoms with van der Waals surface area (Å²) in [6.07, 6.45) is -4.35. The molecule has 0 aliphatic rings. The fourth-order valence-electron chi connectivity index (χ4n) is 1.94. The van der Waals surface area contributed by atoms with Crippen LogP contribution in [0, 0.1) is 19.9 Å². The Balaban J connectivity index is 2.51. The number of aryl methyl sites for hydroxylation is 2. The SMILES string of the molecule is Cc1ccc(-c2cc[c]c(C(F)(F)F)c2)c(C)c1. The zero-order valence-electron chi connectivity index (χ0n) is 10.1. The topological polar surface area (TPSA) is 0 Å². The summed E-state index contributed by atoms with van der Waals surface area (Å²) in [6.45, 7) is 3.85. The van der Waals surface area contributed by atoms with Crippen molar-refractivity contribution in [3.63, 3.8) is 0 Å². The second kappa shape index (κ2) is 4.48. The fourth-order valence-corrected chi connectivity index (χ4v) is 1.94. The molecule has 0 aromatic heterocycles. The second-order valence-corrected chi connectivity index (χ2v) is 4.31. The lowest BCUT2D eigenvalue weighted by Crippen LogP contribution is -2.04. The molecule has 0 fully saturated rings. The predicted octanol–water partition coefficient (Wildman–Crippen LogP) is 4.79. The van der Waals surface area contributed by atoms with Gasteiger partial charge in [0.25, 0.3) is 0 Å². The van der Waals surface area contributed by atoms with Gasteiger partial charge in [-0.05, 0) is 42.7 Å². The largest absolute Gasteiger partial charge is 0.417 e. The summed E-state index contributed by atoms with van der Waals surface area (Å²) in [7, 11) is 0. The van der Waals surface area contributed by atoms with E-state index in [1.54, 1.807) is 6.07 Å². The highest BCUT2D eigenvalue weighted by atomic mass is 19.4. The van der Waals surface area contributed by atoms with E-state index in [9.17, 15) is 13.2 Å². The van der Waals surface area contributed by atoms with E-state index in [0.717, 1.165) is 22.8 Å². The molecular weight excluding hydrogens is 237 g/mol. The first-order valence-electron chi connectivity index (χ1n) is 5.54. The van der Waals surface area contributed by atoms with Gasteiger partial charge < -0.3 is 0 Å². The first kappa shape index (κ1) is 12.7. The molecule has 0 saturated heterocycles. The molecule has 0 saturated carbocycles. The molecule has 2 rings (SSSR count). The van der Waals surface area contributed by atoms with Crippen molar-refractivity contribution in [3.8, 4) is 11.1 Å². The lowest BCUT2D eigenvalue weighted by molar-refractivity contribution is -0.137. The number of halogens is 3. The van der Waals surface area contributed by atoms with E-state index in [1.807, 2.05) is 32.0 Å². The quantitative estimate of drug-likeness (QED) is 0.681. The Hall–Kier alpha value is -1.77. The molecule has 0 bridgehead atoms. The van der Waals surface area contributed by atoms with Crippen molar-refractivity contribution in [3.05, 3.63) is 59.2 Å². The number of hydrogen-bond acceptors (Lipinski definition) is 0. The van der Waals surface area contributed by atoms with Crippen molar-refractivity contribution in [1.29, 1.82) is 0 Å². The van der Waals surface area contributed by atoms with E-state index in [1.165, 1.54) is 6.07 Å². The van der Waals surface area contributed by atoms with Gasteiger partial charge in [-0.1, -0.05) is 35.9 Å². The summed E-state index contributed by atoms with van der Waals surface area (Å²) in [6, 6.07) is 12.0. The molecule has 0 unspecified atom stereocenters. The molecule has 0 N–H and O–H groups in total. The molecule has 0 atom stereocenters. The maximum atomic E-state index is 12.6. The molecule has 93 valence electrons. The van der Waals surface area contributed by atoms with Crippen molar-refractivity contribution in [2.75, 3.05) is 0 Å². The Labute approximate surface area is 104 Å². The molecule has 0 aliphatic heterocycles. The van der Waals surface area contributed by atoms with Gasteiger partial charge in [-0.3, -0.25) is 0 Å². The van der Waals surface area contributed by atoms with Crippen LogP contribution in [0.4, 0.5) is 13.2 Å². The van der Waals surface area contributed by atoms with Crippen LogP contribution in [0.25, 0.3) is 11.1 Å². The molecule has 2 aromatic carbocycles. The summed E-state index contributed by atoms with van der Waals surface area (Å²) in [5, 5.41) is 0. The van der Waals surface area contributed by atoms with Crippen LogP contribution < -0.4 is 0 Å². The molecule has 2 aromatic rings. The van der Waals surface area contributed by atoms with Gasteiger partial charge in [-0.25, -0.2) is 0 Å². The Kier molecular flexibility index (Phi) is 3.16. The molecule has 0 heterocycles. The summed E-state index contributed by atoms with van der Waals surface area (Å²) < 4.78 is 37.9. The Morgan fingerprint density at radius 3 is 2.33 bits per heavy atom. The number of benzene rings is 2. The average molecular weight is 249 g/mol. The highest BCUT2D eigenvalue weighted by molar-refractivity contribution is 5.68. The highest BCUT2D eigenvalue weighted by Gasteiger charge is 2.30. The van der Waals surface area contributed by atoms with Crippen LogP contribution in [0.2, 0.25) is 0 Å². The van der Waals surface area contributed by atoms with Crippen LogP contribution in [-0.4, -0.2) is 0 Å². The van der Waals surface area contributed by atoms with Crippen molar-refractivity contribution < 1.29 is 13.2 Å². The Morgan fingerprint density at radius 2 is 1.72 bits per heavy atom. The van der Waals surface area contributed by atoms with E-state index < -0.39 is 11.7 Å². The smallest absolute Gasteiger partial charge is 0.166 e.